The van der Waals surface area contributed by atoms with E-state index in [1.165, 1.54) is 17.9 Å². The summed E-state index contributed by atoms with van der Waals surface area (Å²) in [5.74, 6) is 0.598. The maximum atomic E-state index is 12.9. The van der Waals surface area contributed by atoms with Crippen molar-refractivity contribution < 1.29 is 9.53 Å². The molecule has 0 saturated heterocycles. The molecule has 0 aliphatic carbocycles. The van der Waals surface area contributed by atoms with Gasteiger partial charge in [0.05, 0.1) is 25.4 Å². The molecule has 32 heavy (non-hydrogen) atoms. The van der Waals surface area contributed by atoms with Gasteiger partial charge < -0.3 is 14.2 Å². The number of amides is 1. The molecule has 0 radical (unpaired) electrons. The minimum Gasteiger partial charge on any atom is -0.494 e. The summed E-state index contributed by atoms with van der Waals surface area (Å²) in [5, 5.41) is 8.98. The Bertz CT molecular complexity index is 1260. The van der Waals surface area contributed by atoms with E-state index in [-0.39, 0.29) is 18.7 Å². The molecule has 0 N–H and O–H groups in total. The molecule has 0 unspecified atom stereocenters. The van der Waals surface area contributed by atoms with E-state index < -0.39 is 11.2 Å². The third-order valence-corrected chi connectivity index (χ3v) is 5.21. The Morgan fingerprint density at radius 2 is 1.91 bits per heavy atom. The van der Waals surface area contributed by atoms with Gasteiger partial charge in [-0.05, 0) is 37.6 Å². The summed E-state index contributed by atoms with van der Waals surface area (Å²) >= 11 is 0. The van der Waals surface area contributed by atoms with Crippen LogP contribution in [-0.4, -0.2) is 37.7 Å². The summed E-state index contributed by atoms with van der Waals surface area (Å²) in [5.41, 5.74) is 0.485. The first kappa shape index (κ1) is 22.8. The van der Waals surface area contributed by atoms with Crippen molar-refractivity contribution in [2.24, 2.45) is 14.1 Å². The molecule has 168 valence electrons. The van der Waals surface area contributed by atoms with E-state index in [4.69, 9.17) is 10.00 Å². The van der Waals surface area contributed by atoms with Crippen LogP contribution in [-0.2, 0) is 25.4 Å². The first-order valence-corrected chi connectivity index (χ1v) is 10.4. The molecule has 0 fully saturated rings. The molecule has 1 amide bonds. The van der Waals surface area contributed by atoms with E-state index >= 15 is 0 Å². The summed E-state index contributed by atoms with van der Waals surface area (Å²) < 4.78 is 9.48. The highest BCUT2D eigenvalue weighted by atomic mass is 16.5. The number of rotatable bonds is 9. The molecule has 3 rings (SSSR count). The Labute approximate surface area is 184 Å². The van der Waals surface area contributed by atoms with Gasteiger partial charge in [0.1, 0.15) is 5.75 Å². The first-order chi connectivity index (χ1) is 15.4. The van der Waals surface area contributed by atoms with E-state index in [1.807, 2.05) is 6.92 Å². The Hall–Kier alpha value is -3.87. The maximum absolute atomic E-state index is 12.9. The number of ether oxygens (including phenoxy) is 1. The van der Waals surface area contributed by atoms with Crippen LogP contribution >= 0.6 is 0 Å². The van der Waals surface area contributed by atoms with Crippen LogP contribution in [0, 0.1) is 11.3 Å². The second kappa shape index (κ2) is 9.96. The van der Waals surface area contributed by atoms with E-state index in [1.54, 1.807) is 40.8 Å². The number of nitriles is 1. The van der Waals surface area contributed by atoms with Crippen LogP contribution in [0.3, 0.4) is 0 Å². The van der Waals surface area contributed by atoms with Crippen LogP contribution in [0.5, 0.6) is 5.75 Å². The van der Waals surface area contributed by atoms with Gasteiger partial charge in [0.2, 0.25) is 5.91 Å². The summed E-state index contributed by atoms with van der Waals surface area (Å²) in [7, 11) is 2.99. The molecule has 2 aromatic heterocycles. The van der Waals surface area contributed by atoms with Gasteiger partial charge in [0.15, 0.2) is 11.2 Å². The number of benzene rings is 1. The van der Waals surface area contributed by atoms with Gasteiger partial charge >= 0.3 is 5.69 Å². The number of aryl methyl sites for hydroxylation is 2. The van der Waals surface area contributed by atoms with Crippen LogP contribution < -0.4 is 20.9 Å². The molecule has 0 atom stereocenters. The van der Waals surface area contributed by atoms with Crippen molar-refractivity contribution in [2.75, 3.05) is 18.1 Å². The number of anilines is 1. The summed E-state index contributed by atoms with van der Waals surface area (Å²) in [6, 6.07) is 9.27. The summed E-state index contributed by atoms with van der Waals surface area (Å²) in [6.07, 6.45) is 2.42. The quantitative estimate of drug-likeness (QED) is 0.501. The van der Waals surface area contributed by atoms with E-state index in [9.17, 15) is 14.4 Å². The highest BCUT2D eigenvalue weighted by Crippen LogP contribution is 2.21. The van der Waals surface area contributed by atoms with Crippen LogP contribution in [0.4, 0.5) is 5.69 Å². The highest BCUT2D eigenvalue weighted by Gasteiger charge is 2.17. The number of hydrogen-bond acceptors (Lipinski definition) is 6. The number of hydrogen-bond donors (Lipinski definition) is 0. The molecule has 0 bridgehead atoms. The van der Waals surface area contributed by atoms with Gasteiger partial charge in [0.25, 0.3) is 5.56 Å². The normalized spacial score (nSPS) is 10.8. The lowest BCUT2D eigenvalue weighted by atomic mass is 10.2. The number of imidazole rings is 1. The van der Waals surface area contributed by atoms with Gasteiger partial charge in [-0.15, -0.1) is 0 Å². The van der Waals surface area contributed by atoms with Gasteiger partial charge in [-0.2, -0.15) is 5.26 Å². The fourth-order valence-electron chi connectivity index (χ4n) is 3.55. The lowest BCUT2D eigenvalue weighted by molar-refractivity contribution is -0.118. The topological polar surface area (TPSA) is 115 Å². The zero-order chi connectivity index (χ0) is 23.3. The Morgan fingerprint density at radius 3 is 2.56 bits per heavy atom. The molecule has 0 aliphatic rings. The SMILES string of the molecule is CCOc1ccc(N(CCC#N)C(=O)CCCn2cnc3c2c(=O)n(C)c(=O)n3C)cc1. The standard InChI is InChI=1S/C22H26N6O4/c1-4-32-17-10-8-16(9-11-17)28(14-6-12-23)18(29)7-5-13-27-15-24-20-19(27)21(30)26(3)22(31)25(20)2/h8-11,15H,4-7,13-14H2,1-3H3. The van der Waals surface area contributed by atoms with Crippen LogP contribution in [0.2, 0.25) is 0 Å². The summed E-state index contributed by atoms with van der Waals surface area (Å²) in [4.78, 5) is 43.3. The van der Waals surface area contributed by atoms with Crippen molar-refractivity contribution in [2.45, 2.75) is 32.7 Å². The van der Waals surface area contributed by atoms with Crippen molar-refractivity contribution >= 4 is 22.8 Å². The zero-order valence-corrected chi connectivity index (χ0v) is 18.4. The highest BCUT2D eigenvalue weighted by molar-refractivity contribution is 5.93. The lowest BCUT2D eigenvalue weighted by Gasteiger charge is -2.22. The number of carbonyl (C=O) groups excluding carboxylic acids is 1. The second-order valence-electron chi connectivity index (χ2n) is 7.30. The number of fused-ring (bicyclic) bond motifs is 1. The van der Waals surface area contributed by atoms with Crippen molar-refractivity contribution in [3.8, 4) is 11.8 Å². The first-order valence-electron chi connectivity index (χ1n) is 10.4. The Balaban J connectivity index is 1.74. The van der Waals surface area contributed by atoms with E-state index in [0.29, 0.717) is 48.7 Å². The van der Waals surface area contributed by atoms with Gasteiger partial charge in [0, 0.05) is 39.3 Å². The van der Waals surface area contributed by atoms with Gasteiger partial charge in [-0.25, -0.2) is 9.78 Å². The van der Waals surface area contributed by atoms with Crippen LogP contribution in [0.15, 0.2) is 40.2 Å². The third kappa shape index (κ3) is 4.56. The number of carbonyl (C=O) groups is 1. The lowest BCUT2D eigenvalue weighted by Crippen LogP contribution is -2.37. The Morgan fingerprint density at radius 1 is 1.19 bits per heavy atom. The monoisotopic (exact) mass is 438 g/mol. The molecule has 10 nitrogen and oxygen atoms in total. The van der Waals surface area contributed by atoms with Crippen LogP contribution in [0.1, 0.15) is 26.2 Å². The van der Waals surface area contributed by atoms with E-state index in [2.05, 4.69) is 11.1 Å². The van der Waals surface area contributed by atoms with Crippen molar-refractivity contribution in [3.05, 3.63) is 51.4 Å². The molecule has 10 heteroatoms. The second-order valence-corrected chi connectivity index (χ2v) is 7.30. The number of nitrogens with zero attached hydrogens (tertiary/aromatic N) is 6. The van der Waals surface area contributed by atoms with Crippen molar-refractivity contribution in [1.29, 1.82) is 5.26 Å². The van der Waals surface area contributed by atoms with Gasteiger partial charge in [-0.3, -0.25) is 18.7 Å². The molecular formula is C22H26N6O4. The smallest absolute Gasteiger partial charge is 0.332 e. The van der Waals surface area contributed by atoms with Crippen LogP contribution in [0.25, 0.3) is 11.2 Å². The molecular weight excluding hydrogens is 412 g/mol. The molecule has 2 heterocycles. The van der Waals surface area contributed by atoms with Crippen molar-refractivity contribution in [3.63, 3.8) is 0 Å². The fourth-order valence-corrected chi connectivity index (χ4v) is 3.55. The van der Waals surface area contributed by atoms with E-state index in [0.717, 1.165) is 4.57 Å². The zero-order valence-electron chi connectivity index (χ0n) is 18.4. The van der Waals surface area contributed by atoms with Gasteiger partial charge in [-0.1, -0.05) is 0 Å². The molecule has 0 aliphatic heterocycles. The third-order valence-electron chi connectivity index (χ3n) is 5.21. The average molecular weight is 438 g/mol. The molecule has 1 aromatic carbocycles. The largest absolute Gasteiger partial charge is 0.494 e. The summed E-state index contributed by atoms with van der Waals surface area (Å²) in [6.45, 7) is 3.14. The number of aromatic nitrogens is 4. The van der Waals surface area contributed by atoms with Crippen molar-refractivity contribution in [1.82, 2.24) is 18.7 Å². The predicted molar refractivity (Wildman–Crippen MR) is 120 cm³/mol. The molecule has 3 aromatic rings. The maximum Gasteiger partial charge on any atom is 0.332 e. The molecule has 0 spiro atoms. The minimum atomic E-state index is -0.439. The predicted octanol–water partition coefficient (Wildman–Crippen LogP) is 1.56. The minimum absolute atomic E-state index is 0.117. The fraction of sp³-hybridized carbons (Fsp3) is 0.409. The molecule has 0 saturated carbocycles. The Kier molecular flexibility index (Phi) is 7.10. The average Bonchev–Trinajstić information content (AvgIpc) is 3.22.